The van der Waals surface area contributed by atoms with Crippen molar-refractivity contribution < 1.29 is 4.39 Å². The largest absolute Gasteiger partial charge is 0.255 e. The average Bonchev–Trinajstić information content (AvgIpc) is 2.46. The van der Waals surface area contributed by atoms with Gasteiger partial charge < -0.3 is 0 Å². The van der Waals surface area contributed by atoms with Gasteiger partial charge in [0.1, 0.15) is 10.1 Å². The second kappa shape index (κ2) is 3.35. The highest BCUT2D eigenvalue weighted by Crippen LogP contribution is 2.27. The molecule has 0 aliphatic heterocycles. The van der Waals surface area contributed by atoms with Crippen LogP contribution in [0.5, 0.6) is 0 Å². The van der Waals surface area contributed by atoms with E-state index in [0.29, 0.717) is 5.52 Å². The van der Waals surface area contributed by atoms with Crippen molar-refractivity contribution in [3.05, 3.63) is 28.6 Å². The van der Waals surface area contributed by atoms with Crippen LogP contribution in [0.2, 0.25) is 0 Å². The number of aromatic nitrogens is 2. The lowest BCUT2D eigenvalue weighted by Crippen LogP contribution is -2.02. The van der Waals surface area contributed by atoms with Crippen LogP contribution in [0, 0.1) is 5.82 Å². The minimum absolute atomic E-state index is 0.219. The van der Waals surface area contributed by atoms with Gasteiger partial charge in [-0.25, -0.2) is 4.39 Å². The third-order valence-electron chi connectivity index (χ3n) is 2.11. The van der Waals surface area contributed by atoms with Gasteiger partial charge in [0.05, 0.1) is 0 Å². The van der Waals surface area contributed by atoms with Crippen molar-refractivity contribution >= 4 is 26.8 Å². The molecular weight excluding hydrogens is 247 g/mol. The number of fused-ring (bicyclic) bond motifs is 1. The summed E-state index contributed by atoms with van der Waals surface area (Å²) in [5.74, 6) is -0.275. The van der Waals surface area contributed by atoms with Crippen molar-refractivity contribution in [2.45, 2.75) is 19.9 Å². The molecule has 0 aliphatic carbocycles. The third kappa shape index (κ3) is 1.34. The summed E-state index contributed by atoms with van der Waals surface area (Å²) in [4.78, 5) is 0. The van der Waals surface area contributed by atoms with Gasteiger partial charge in [-0.1, -0.05) is 6.07 Å². The Morgan fingerprint density at radius 3 is 2.71 bits per heavy atom. The predicted molar refractivity (Wildman–Crippen MR) is 57.8 cm³/mol. The maximum absolute atomic E-state index is 13.3. The van der Waals surface area contributed by atoms with Crippen LogP contribution in [0.3, 0.4) is 0 Å². The summed E-state index contributed by atoms with van der Waals surface area (Å²) in [6, 6.07) is 5.19. The van der Waals surface area contributed by atoms with Gasteiger partial charge in [-0.2, -0.15) is 5.10 Å². The first-order chi connectivity index (χ1) is 6.61. The molecule has 74 valence electrons. The highest BCUT2D eigenvalue weighted by atomic mass is 79.9. The van der Waals surface area contributed by atoms with Crippen molar-refractivity contribution in [3.63, 3.8) is 0 Å². The predicted octanol–water partition coefficient (Wildman–Crippen LogP) is 3.52. The Labute approximate surface area is 89.8 Å². The third-order valence-corrected chi connectivity index (χ3v) is 2.90. The van der Waals surface area contributed by atoms with E-state index in [1.54, 1.807) is 10.7 Å². The van der Waals surface area contributed by atoms with E-state index in [-0.39, 0.29) is 11.9 Å². The Kier molecular flexibility index (Phi) is 2.31. The molecule has 0 saturated heterocycles. The van der Waals surface area contributed by atoms with Gasteiger partial charge in [0.15, 0.2) is 5.82 Å². The lowest BCUT2D eigenvalue weighted by atomic mass is 10.2. The number of hydrogen-bond donors (Lipinski definition) is 0. The minimum Gasteiger partial charge on any atom is -0.255 e. The fraction of sp³-hybridized carbons (Fsp3) is 0.300. The molecule has 0 spiro atoms. The minimum atomic E-state index is -0.275. The average molecular weight is 257 g/mol. The summed E-state index contributed by atoms with van der Waals surface area (Å²) < 4.78 is 16.0. The summed E-state index contributed by atoms with van der Waals surface area (Å²) >= 11 is 3.42. The first-order valence-electron chi connectivity index (χ1n) is 4.43. The van der Waals surface area contributed by atoms with Crippen LogP contribution < -0.4 is 0 Å². The molecule has 1 heterocycles. The van der Waals surface area contributed by atoms with E-state index < -0.39 is 0 Å². The molecule has 0 radical (unpaired) electrons. The molecule has 0 amide bonds. The molecule has 1 aromatic heterocycles. The van der Waals surface area contributed by atoms with E-state index in [1.807, 2.05) is 19.9 Å². The van der Waals surface area contributed by atoms with E-state index in [1.165, 1.54) is 6.07 Å². The first-order valence-corrected chi connectivity index (χ1v) is 5.23. The van der Waals surface area contributed by atoms with Crippen LogP contribution in [0.1, 0.15) is 19.9 Å². The Balaban J connectivity index is 2.80. The number of nitrogens with zero attached hydrogens (tertiary/aromatic N) is 2. The second-order valence-corrected chi connectivity index (χ2v) is 4.22. The summed E-state index contributed by atoms with van der Waals surface area (Å²) in [5, 5.41) is 5.02. The molecule has 1 aromatic carbocycles. The quantitative estimate of drug-likeness (QED) is 0.764. The van der Waals surface area contributed by atoms with Crippen LogP contribution in [0.4, 0.5) is 4.39 Å². The molecule has 4 heteroatoms. The zero-order chi connectivity index (χ0) is 10.3. The molecule has 2 rings (SSSR count). The van der Waals surface area contributed by atoms with Crippen LogP contribution in [-0.2, 0) is 0 Å². The number of rotatable bonds is 1. The van der Waals surface area contributed by atoms with Gasteiger partial charge in [0.25, 0.3) is 0 Å². The van der Waals surface area contributed by atoms with E-state index >= 15 is 0 Å². The van der Waals surface area contributed by atoms with Crippen LogP contribution in [-0.4, -0.2) is 9.78 Å². The molecule has 2 nitrogen and oxygen atoms in total. The van der Waals surface area contributed by atoms with Gasteiger partial charge in [0.2, 0.25) is 0 Å². The van der Waals surface area contributed by atoms with Crippen molar-refractivity contribution in [3.8, 4) is 0 Å². The fourth-order valence-corrected chi connectivity index (χ4v) is 2.21. The molecule has 0 atom stereocenters. The van der Waals surface area contributed by atoms with Gasteiger partial charge in [-0.05, 0) is 41.9 Å². The number of hydrogen-bond acceptors (Lipinski definition) is 1. The highest BCUT2D eigenvalue weighted by molar-refractivity contribution is 9.10. The normalized spacial score (nSPS) is 11.5. The zero-order valence-corrected chi connectivity index (χ0v) is 9.55. The zero-order valence-electron chi connectivity index (χ0n) is 7.96. The molecule has 0 aliphatic rings. The van der Waals surface area contributed by atoms with E-state index in [9.17, 15) is 4.39 Å². The highest BCUT2D eigenvalue weighted by Gasteiger charge is 2.13. The maximum atomic E-state index is 13.3. The van der Waals surface area contributed by atoms with Crippen LogP contribution in [0.25, 0.3) is 10.9 Å². The summed E-state index contributed by atoms with van der Waals surface area (Å²) in [6.07, 6.45) is 0. The van der Waals surface area contributed by atoms with Gasteiger partial charge in [-0.15, -0.1) is 0 Å². The van der Waals surface area contributed by atoms with Crippen molar-refractivity contribution in [2.75, 3.05) is 0 Å². The fourth-order valence-electron chi connectivity index (χ4n) is 1.40. The topological polar surface area (TPSA) is 17.8 Å². The Morgan fingerprint density at radius 2 is 2.14 bits per heavy atom. The molecule has 0 bridgehead atoms. The Hall–Kier alpha value is -0.900. The molecule has 0 N–H and O–H groups in total. The molecule has 0 fully saturated rings. The number of benzene rings is 1. The Morgan fingerprint density at radius 1 is 1.43 bits per heavy atom. The molecule has 0 saturated carbocycles. The Bertz CT molecular complexity index is 476. The standard InChI is InChI=1S/C10H10BrFN2/c1-6(2)14-10(11)7-4-3-5-8(12)9(7)13-14/h3-6H,1-2H3. The molecule has 14 heavy (non-hydrogen) atoms. The summed E-state index contributed by atoms with van der Waals surface area (Å²) in [7, 11) is 0. The van der Waals surface area contributed by atoms with Crippen molar-refractivity contribution in [2.24, 2.45) is 0 Å². The lowest BCUT2D eigenvalue weighted by Gasteiger charge is -2.05. The summed E-state index contributed by atoms with van der Waals surface area (Å²) in [5.41, 5.74) is 0.424. The second-order valence-electron chi connectivity index (χ2n) is 3.47. The van der Waals surface area contributed by atoms with Gasteiger partial charge in [0, 0.05) is 11.4 Å². The van der Waals surface area contributed by atoms with Gasteiger partial charge in [-0.3, -0.25) is 4.68 Å². The van der Waals surface area contributed by atoms with E-state index in [0.717, 1.165) is 9.99 Å². The SMILES string of the molecule is CC(C)n1nc2c(F)cccc2c1Br. The number of halogens is 2. The molecule has 2 aromatic rings. The summed E-state index contributed by atoms with van der Waals surface area (Å²) in [6.45, 7) is 4.02. The van der Waals surface area contributed by atoms with Gasteiger partial charge >= 0.3 is 0 Å². The smallest absolute Gasteiger partial charge is 0.151 e. The molecular formula is C10H10BrFN2. The van der Waals surface area contributed by atoms with E-state index in [2.05, 4.69) is 21.0 Å². The van der Waals surface area contributed by atoms with Crippen LogP contribution in [0.15, 0.2) is 22.8 Å². The van der Waals surface area contributed by atoms with Crippen molar-refractivity contribution in [1.82, 2.24) is 9.78 Å². The van der Waals surface area contributed by atoms with E-state index in [4.69, 9.17) is 0 Å². The monoisotopic (exact) mass is 256 g/mol. The van der Waals surface area contributed by atoms with Crippen LogP contribution >= 0.6 is 15.9 Å². The lowest BCUT2D eigenvalue weighted by molar-refractivity contribution is 0.524. The first kappa shape index (κ1) is 9.65. The van der Waals surface area contributed by atoms with Crippen molar-refractivity contribution in [1.29, 1.82) is 0 Å². The maximum Gasteiger partial charge on any atom is 0.151 e. The molecule has 0 unspecified atom stereocenters.